The Labute approximate surface area is 180 Å². The third-order valence-corrected chi connectivity index (χ3v) is 4.79. The molecule has 1 heterocycles. The molecule has 0 saturated heterocycles. The largest absolute Gasteiger partial charge is 0.573 e. The molecule has 0 bridgehead atoms. The van der Waals surface area contributed by atoms with Crippen LogP contribution in [-0.2, 0) is 11.3 Å². The van der Waals surface area contributed by atoms with Crippen LogP contribution in [0.1, 0.15) is 22.8 Å². The Hall–Kier alpha value is -3.10. The van der Waals surface area contributed by atoms with Gasteiger partial charge in [0.2, 0.25) is 0 Å². The number of hydrogen-bond donors (Lipinski definition) is 2. The van der Waals surface area contributed by atoms with Gasteiger partial charge in [-0.25, -0.2) is 0 Å². The first kappa shape index (κ1) is 22.6. The fourth-order valence-corrected chi connectivity index (χ4v) is 3.16. The number of phenols is 1. The lowest BCUT2D eigenvalue weighted by molar-refractivity contribution is -0.274. The SMILES string of the molecule is C[C@](C#N)(COc1c(O)cc2c(c1Cl)BOC2)NC(=O)c1ccc(OC(F)(F)F)cc1. The van der Waals surface area contributed by atoms with Gasteiger partial charge in [-0.2, -0.15) is 5.26 Å². The summed E-state index contributed by atoms with van der Waals surface area (Å²) in [5.41, 5.74) is -0.141. The molecule has 1 aliphatic heterocycles. The summed E-state index contributed by atoms with van der Waals surface area (Å²) in [5.74, 6) is -1.48. The zero-order valence-electron chi connectivity index (χ0n) is 16.0. The van der Waals surface area contributed by atoms with Crippen molar-refractivity contribution in [2.24, 2.45) is 0 Å². The minimum absolute atomic E-state index is 0.00607. The molecule has 2 aromatic carbocycles. The Balaban J connectivity index is 1.69. The van der Waals surface area contributed by atoms with E-state index in [1.54, 1.807) is 0 Å². The second-order valence-electron chi connectivity index (χ2n) is 6.93. The maximum Gasteiger partial charge on any atom is 0.573 e. The molecule has 1 aliphatic rings. The van der Waals surface area contributed by atoms with E-state index in [0.717, 1.165) is 29.8 Å². The number of halogens is 4. The van der Waals surface area contributed by atoms with Gasteiger partial charge in [-0.15, -0.1) is 13.2 Å². The maximum atomic E-state index is 12.4. The minimum atomic E-state index is -4.85. The van der Waals surface area contributed by atoms with Gasteiger partial charge < -0.3 is 24.6 Å². The van der Waals surface area contributed by atoms with E-state index in [9.17, 15) is 28.3 Å². The molecule has 0 aliphatic carbocycles. The standard InChI is InChI=1S/C19H15BClF3N2O5/c1-18(8-25,9-29-16-13(27)6-11-7-30-20-14(11)15(16)21)26-17(28)10-2-4-12(5-3-10)31-19(22,23)24/h2-6,20,27H,7,9H2,1H3,(H,26,28)/t18-/m0/s1. The van der Waals surface area contributed by atoms with Crippen molar-refractivity contribution in [2.75, 3.05) is 6.61 Å². The van der Waals surface area contributed by atoms with Crippen molar-refractivity contribution in [3.8, 4) is 23.3 Å². The number of nitriles is 1. The lowest BCUT2D eigenvalue weighted by Gasteiger charge is -2.24. The van der Waals surface area contributed by atoms with Gasteiger partial charge in [0, 0.05) is 5.56 Å². The van der Waals surface area contributed by atoms with Crippen LogP contribution in [0.5, 0.6) is 17.2 Å². The zero-order valence-corrected chi connectivity index (χ0v) is 16.8. The molecule has 0 saturated carbocycles. The molecular weight excluding hydrogens is 439 g/mol. The summed E-state index contributed by atoms with van der Waals surface area (Å²) in [6, 6.07) is 7.56. The van der Waals surface area contributed by atoms with Crippen LogP contribution in [-0.4, -0.2) is 37.0 Å². The Kier molecular flexibility index (Phi) is 6.24. The van der Waals surface area contributed by atoms with Gasteiger partial charge in [-0.3, -0.25) is 4.79 Å². The highest BCUT2D eigenvalue weighted by molar-refractivity contribution is 6.55. The summed E-state index contributed by atoms with van der Waals surface area (Å²) in [4.78, 5) is 12.4. The van der Waals surface area contributed by atoms with Gasteiger partial charge in [-0.1, -0.05) is 11.6 Å². The highest BCUT2D eigenvalue weighted by Crippen LogP contribution is 2.36. The highest BCUT2D eigenvalue weighted by Gasteiger charge is 2.32. The number of fused-ring (bicyclic) bond motifs is 1. The average molecular weight is 455 g/mol. The van der Waals surface area contributed by atoms with E-state index in [-0.39, 0.29) is 36.2 Å². The number of nitrogens with one attached hydrogen (secondary N) is 1. The van der Waals surface area contributed by atoms with E-state index in [2.05, 4.69) is 10.1 Å². The third-order valence-electron chi connectivity index (χ3n) is 4.39. The lowest BCUT2D eigenvalue weighted by atomic mass is 9.87. The molecule has 0 spiro atoms. The van der Waals surface area contributed by atoms with E-state index in [4.69, 9.17) is 21.0 Å². The van der Waals surface area contributed by atoms with Gasteiger partial charge in [0.15, 0.2) is 17.0 Å². The van der Waals surface area contributed by atoms with Crippen LogP contribution in [0, 0.1) is 11.3 Å². The molecule has 0 aromatic heterocycles. The molecule has 0 fully saturated rings. The number of benzene rings is 2. The molecule has 1 amide bonds. The number of carbonyl (C=O) groups is 1. The van der Waals surface area contributed by atoms with Crippen molar-refractivity contribution in [1.82, 2.24) is 5.32 Å². The molecule has 2 aromatic rings. The Morgan fingerprint density at radius 1 is 1.39 bits per heavy atom. The van der Waals surface area contributed by atoms with E-state index in [1.165, 1.54) is 13.0 Å². The van der Waals surface area contributed by atoms with Gasteiger partial charge in [0.25, 0.3) is 5.91 Å². The first-order chi connectivity index (χ1) is 14.5. The average Bonchev–Trinajstić information content (AvgIpc) is 3.15. The predicted octanol–water partition coefficient (Wildman–Crippen LogP) is 2.54. The quantitative estimate of drug-likeness (QED) is 0.651. The molecule has 1 atom stereocenters. The van der Waals surface area contributed by atoms with Crippen LogP contribution in [0.15, 0.2) is 30.3 Å². The number of carbonyl (C=O) groups excluding carboxylic acids is 1. The van der Waals surface area contributed by atoms with E-state index in [0.29, 0.717) is 12.1 Å². The van der Waals surface area contributed by atoms with E-state index >= 15 is 0 Å². The highest BCUT2D eigenvalue weighted by atomic mass is 35.5. The van der Waals surface area contributed by atoms with Gasteiger partial charge in [0.1, 0.15) is 12.4 Å². The molecule has 31 heavy (non-hydrogen) atoms. The summed E-state index contributed by atoms with van der Waals surface area (Å²) >= 11 is 6.27. The molecule has 12 heteroatoms. The van der Waals surface area contributed by atoms with Gasteiger partial charge in [0.05, 0.1) is 17.7 Å². The van der Waals surface area contributed by atoms with Crippen LogP contribution in [0.2, 0.25) is 5.02 Å². The predicted molar refractivity (Wildman–Crippen MR) is 105 cm³/mol. The normalized spacial score (nSPS) is 14.6. The minimum Gasteiger partial charge on any atom is -0.504 e. The number of aromatic hydroxyl groups is 1. The second kappa shape index (κ2) is 8.57. The molecular formula is C19H15BClF3N2O5. The van der Waals surface area contributed by atoms with Crippen LogP contribution >= 0.6 is 11.6 Å². The van der Waals surface area contributed by atoms with Crippen LogP contribution in [0.3, 0.4) is 0 Å². The molecule has 3 rings (SSSR count). The first-order valence-electron chi connectivity index (χ1n) is 8.85. The number of amides is 1. The van der Waals surface area contributed by atoms with Crippen molar-refractivity contribution < 1.29 is 37.2 Å². The van der Waals surface area contributed by atoms with Crippen molar-refractivity contribution in [3.63, 3.8) is 0 Å². The number of nitrogens with zero attached hydrogens (tertiary/aromatic N) is 1. The number of ether oxygens (including phenoxy) is 2. The summed E-state index contributed by atoms with van der Waals surface area (Å²) in [5, 5.41) is 22.3. The first-order valence-corrected chi connectivity index (χ1v) is 9.22. The topological polar surface area (TPSA) is 101 Å². The second-order valence-corrected chi connectivity index (χ2v) is 7.31. The summed E-state index contributed by atoms with van der Waals surface area (Å²) < 4.78 is 51.3. The monoisotopic (exact) mass is 454 g/mol. The van der Waals surface area contributed by atoms with Crippen LogP contribution in [0.25, 0.3) is 0 Å². The van der Waals surface area contributed by atoms with E-state index in [1.807, 2.05) is 6.07 Å². The molecule has 0 unspecified atom stereocenters. The number of hydrogen-bond acceptors (Lipinski definition) is 6. The molecule has 2 N–H and O–H groups in total. The number of alkyl halides is 3. The maximum absolute atomic E-state index is 12.4. The third kappa shape index (κ3) is 5.34. The number of rotatable bonds is 6. The Morgan fingerprint density at radius 2 is 2.06 bits per heavy atom. The van der Waals surface area contributed by atoms with Crippen molar-refractivity contribution >= 4 is 30.5 Å². The van der Waals surface area contributed by atoms with E-state index < -0.39 is 23.6 Å². The molecule has 0 radical (unpaired) electrons. The van der Waals surface area contributed by atoms with Crippen molar-refractivity contribution in [2.45, 2.75) is 25.4 Å². The summed E-state index contributed by atoms with van der Waals surface area (Å²) in [7, 11) is 0.255. The summed E-state index contributed by atoms with van der Waals surface area (Å²) in [6.45, 7) is 1.33. The zero-order chi connectivity index (χ0) is 22.8. The van der Waals surface area contributed by atoms with Gasteiger partial charge in [-0.05, 0) is 48.3 Å². The summed E-state index contributed by atoms with van der Waals surface area (Å²) in [6.07, 6.45) is -4.85. The van der Waals surface area contributed by atoms with Gasteiger partial charge >= 0.3 is 13.8 Å². The molecule has 7 nitrogen and oxygen atoms in total. The fourth-order valence-electron chi connectivity index (χ4n) is 2.84. The number of phenolic OH excluding ortho intramolecular Hbond substituents is 1. The molecule has 162 valence electrons. The Morgan fingerprint density at radius 3 is 2.68 bits per heavy atom. The van der Waals surface area contributed by atoms with Crippen molar-refractivity contribution in [3.05, 3.63) is 46.5 Å². The smallest absolute Gasteiger partial charge is 0.504 e. The lowest BCUT2D eigenvalue weighted by Crippen LogP contribution is -2.49. The fraction of sp³-hybridized carbons (Fsp3) is 0.263. The van der Waals surface area contributed by atoms with Crippen LogP contribution in [0.4, 0.5) is 13.2 Å². The van der Waals surface area contributed by atoms with Crippen molar-refractivity contribution in [1.29, 1.82) is 5.26 Å². The Bertz CT molecular complexity index is 1040. The van der Waals surface area contributed by atoms with Crippen LogP contribution < -0.4 is 20.3 Å².